The maximum absolute atomic E-state index is 12.7. The van der Waals surface area contributed by atoms with Crippen LogP contribution in [-0.2, 0) is 9.53 Å². The molecule has 1 fully saturated rings. The number of halogens is 1. The molecule has 2 aliphatic heterocycles. The van der Waals surface area contributed by atoms with Gasteiger partial charge in [0.2, 0.25) is 12.5 Å². The smallest absolute Gasteiger partial charge is 0.310 e. The van der Waals surface area contributed by atoms with Gasteiger partial charge in [-0.2, -0.15) is 0 Å². The number of fused-ring (bicyclic) bond motifs is 3. The summed E-state index contributed by atoms with van der Waals surface area (Å²) in [6.45, 7) is 8.34. The van der Waals surface area contributed by atoms with E-state index in [4.69, 9.17) is 44.8 Å². The van der Waals surface area contributed by atoms with Crippen LogP contribution >= 0.6 is 11.6 Å². The van der Waals surface area contributed by atoms with Crippen molar-refractivity contribution in [2.24, 2.45) is 11.8 Å². The highest BCUT2D eigenvalue weighted by Gasteiger charge is 2.52. The molecule has 1 saturated heterocycles. The molecule has 308 valence electrons. The third-order valence-electron chi connectivity index (χ3n) is 11.2. The second-order valence-corrected chi connectivity index (χ2v) is 14.7. The van der Waals surface area contributed by atoms with Crippen LogP contribution in [0.5, 0.6) is 34.5 Å². The normalized spacial score (nSPS) is 19.1. The quantitative estimate of drug-likeness (QED) is 0.0915. The van der Waals surface area contributed by atoms with Crippen LogP contribution < -0.4 is 28.4 Å². The Morgan fingerprint density at radius 2 is 1.32 bits per heavy atom. The minimum Gasteiger partial charge on any atom is -0.493 e. The Balaban J connectivity index is 0.000000179. The van der Waals surface area contributed by atoms with Gasteiger partial charge in [-0.3, -0.25) is 4.79 Å². The molecule has 11 heteroatoms. The number of rotatable bonds is 13. The van der Waals surface area contributed by atoms with Crippen molar-refractivity contribution in [2.75, 3.05) is 61.0 Å². The predicted octanol–water partition coefficient (Wildman–Crippen LogP) is 8.97. The number of ether oxygens (including phenoxy) is 7. The summed E-state index contributed by atoms with van der Waals surface area (Å²) in [6.07, 6.45) is -0.843. The number of cyclic esters (lactones) is 1. The first-order valence-electron chi connectivity index (χ1n) is 19.8. The number of aliphatic hydroxyl groups excluding tert-OH is 1. The average molecular weight is 820 g/mol. The molecular weight excluding hydrogens is 770 g/mol. The zero-order valence-corrected chi connectivity index (χ0v) is 34.7. The van der Waals surface area contributed by atoms with E-state index in [-0.39, 0.29) is 31.2 Å². The highest BCUT2D eigenvalue weighted by molar-refractivity contribution is 6.53. The lowest BCUT2D eigenvalue weighted by Gasteiger charge is -2.37. The van der Waals surface area contributed by atoms with Crippen molar-refractivity contribution in [1.82, 2.24) is 4.90 Å². The van der Waals surface area contributed by atoms with Crippen molar-refractivity contribution in [3.63, 3.8) is 0 Å². The number of esters is 1. The summed E-state index contributed by atoms with van der Waals surface area (Å²) in [5, 5.41) is 11.8. The third-order valence-corrected chi connectivity index (χ3v) is 11.6. The number of carbonyl (C=O) groups excluding carboxylic acids is 1. The van der Waals surface area contributed by atoms with Gasteiger partial charge in [-0.25, -0.2) is 0 Å². The molecule has 0 aromatic heterocycles. The van der Waals surface area contributed by atoms with E-state index >= 15 is 0 Å². The predicted molar refractivity (Wildman–Crippen MR) is 228 cm³/mol. The van der Waals surface area contributed by atoms with Gasteiger partial charge >= 0.3 is 5.97 Å². The summed E-state index contributed by atoms with van der Waals surface area (Å²) in [5.41, 5.74) is 6.49. The van der Waals surface area contributed by atoms with E-state index in [0.717, 1.165) is 63.8 Å². The number of carbonyl (C=O) groups is 1. The molecule has 0 saturated carbocycles. The zero-order chi connectivity index (χ0) is 41.5. The molecule has 0 unspecified atom stereocenters. The maximum atomic E-state index is 12.7. The number of hydrogen-bond acceptors (Lipinski definition) is 10. The van der Waals surface area contributed by atoms with Gasteiger partial charge in [0.05, 0.1) is 45.0 Å². The molecule has 3 aliphatic rings. The van der Waals surface area contributed by atoms with Crippen molar-refractivity contribution in [1.29, 1.82) is 0 Å². The van der Waals surface area contributed by atoms with Crippen molar-refractivity contribution >= 4 is 28.2 Å². The Kier molecular flexibility index (Phi) is 13.3. The monoisotopic (exact) mass is 819 g/mol. The molecular formula is C48H50ClNO9. The molecule has 0 bridgehead atoms. The van der Waals surface area contributed by atoms with Crippen molar-refractivity contribution in [3.8, 4) is 34.5 Å². The third kappa shape index (κ3) is 8.71. The van der Waals surface area contributed by atoms with Crippen LogP contribution in [0.15, 0.2) is 109 Å². The average Bonchev–Trinajstić information content (AvgIpc) is 3.92. The Hall–Kier alpha value is -5.68. The van der Waals surface area contributed by atoms with E-state index < -0.39 is 12.0 Å². The van der Waals surface area contributed by atoms with Crippen molar-refractivity contribution in [2.45, 2.75) is 25.9 Å². The summed E-state index contributed by atoms with van der Waals surface area (Å²) in [6, 6.07) is 35.9. The molecule has 59 heavy (non-hydrogen) atoms. The van der Waals surface area contributed by atoms with Crippen molar-refractivity contribution in [3.05, 3.63) is 143 Å². The lowest BCUT2D eigenvalue weighted by atomic mass is 9.66. The topological polar surface area (TPSA) is 105 Å². The number of methoxy groups -OCH3 is 3. The molecule has 10 nitrogen and oxygen atoms in total. The molecule has 0 amide bonds. The van der Waals surface area contributed by atoms with Gasteiger partial charge in [0.15, 0.2) is 23.0 Å². The van der Waals surface area contributed by atoms with Crippen LogP contribution in [0.3, 0.4) is 0 Å². The number of benzene rings is 5. The Bertz CT molecular complexity index is 2220. The van der Waals surface area contributed by atoms with E-state index in [9.17, 15) is 9.90 Å². The van der Waals surface area contributed by atoms with Crippen LogP contribution in [0.25, 0.3) is 10.6 Å². The van der Waals surface area contributed by atoms with E-state index in [1.165, 1.54) is 7.11 Å². The van der Waals surface area contributed by atoms with Crippen molar-refractivity contribution < 1.29 is 43.1 Å². The lowest BCUT2D eigenvalue weighted by molar-refractivity contribution is -0.141. The second kappa shape index (κ2) is 18.9. The van der Waals surface area contributed by atoms with Crippen LogP contribution in [-0.4, -0.2) is 76.9 Å². The van der Waals surface area contributed by atoms with Crippen LogP contribution in [0.4, 0.5) is 0 Å². The molecule has 5 aromatic carbocycles. The summed E-state index contributed by atoms with van der Waals surface area (Å²) >= 11 is 6.87. The number of aliphatic hydroxyl groups is 1. The second-order valence-electron chi connectivity index (χ2n) is 14.4. The number of hydrogen-bond donors (Lipinski definition) is 1. The fourth-order valence-corrected chi connectivity index (χ4v) is 8.46. The summed E-state index contributed by atoms with van der Waals surface area (Å²) in [7, 11) is 4.63. The lowest BCUT2D eigenvalue weighted by Crippen LogP contribution is -2.34. The minimum atomic E-state index is -0.843. The SMILES string of the molecule is CCN(CC)CCOc1ccc(/C(=C(/Cl)c2ccccc2)c2ccccc2)cc1.COc1cc([C@@H]2c3cc4c(cc3[C@H](O)[C@H]3COC(=O)[C@H]23)OCO4)cc(OC)c1OC. The summed E-state index contributed by atoms with van der Waals surface area (Å²) in [4.78, 5) is 15.1. The molecule has 4 atom stereocenters. The molecule has 1 N–H and O–H groups in total. The highest BCUT2D eigenvalue weighted by atomic mass is 35.5. The van der Waals surface area contributed by atoms with Gasteiger partial charge in [-0.05, 0) is 82.9 Å². The van der Waals surface area contributed by atoms with Gasteiger partial charge in [0, 0.05) is 24.0 Å². The minimum absolute atomic E-state index is 0.123. The van der Waals surface area contributed by atoms with Gasteiger partial charge in [-0.1, -0.05) is 98.2 Å². The maximum Gasteiger partial charge on any atom is 0.310 e. The van der Waals surface area contributed by atoms with Crippen LogP contribution in [0, 0.1) is 11.8 Å². The molecule has 5 aromatic rings. The number of likely N-dealkylation sites (N-methyl/N-ethyl adjacent to an activating group) is 1. The van der Waals surface area contributed by atoms with Crippen LogP contribution in [0.2, 0.25) is 0 Å². The van der Waals surface area contributed by atoms with Gasteiger partial charge in [0.1, 0.15) is 12.4 Å². The first kappa shape index (κ1) is 41.5. The Morgan fingerprint density at radius 3 is 1.90 bits per heavy atom. The largest absolute Gasteiger partial charge is 0.493 e. The van der Waals surface area contributed by atoms with E-state index in [1.807, 2.05) is 78.9 Å². The van der Waals surface area contributed by atoms with E-state index in [2.05, 4.69) is 43.0 Å². The van der Waals surface area contributed by atoms with Gasteiger partial charge in [-0.15, -0.1) is 0 Å². The Morgan fingerprint density at radius 1 is 0.746 bits per heavy atom. The fraction of sp³-hybridized carbons (Fsp3) is 0.312. The molecule has 0 radical (unpaired) electrons. The zero-order valence-electron chi connectivity index (χ0n) is 34.0. The van der Waals surface area contributed by atoms with Gasteiger partial charge < -0.3 is 43.2 Å². The molecule has 0 spiro atoms. The van der Waals surface area contributed by atoms with Crippen LogP contribution in [0.1, 0.15) is 59.3 Å². The fourth-order valence-electron chi connectivity index (χ4n) is 8.12. The standard InChI is InChI=1S/C26H28ClNO.C22H22O8/c1-3-28(4-2)19-20-29-24-17-15-22(16-18-24)25(21-11-7-5-8-12-21)26(27)23-13-9-6-10-14-23;1-25-16-4-10(5-17(26-2)21(16)27-3)18-11-6-14-15(30-9-29-14)7-12(11)20(23)13-8-28-22(24)19(13)18/h5-18H,3-4,19-20H2,1-2H3;4-7,13,18-20,23H,8-9H2,1-3H3/b26-25+;/t;13-,18+,19-,20-/m.0/s1. The molecule has 8 rings (SSSR count). The van der Waals surface area contributed by atoms with Gasteiger partial charge in [0.25, 0.3) is 0 Å². The van der Waals surface area contributed by atoms with E-state index in [0.29, 0.717) is 40.9 Å². The summed E-state index contributed by atoms with van der Waals surface area (Å²) in [5.74, 6) is 1.87. The first-order valence-corrected chi connectivity index (χ1v) is 20.2. The molecule has 2 heterocycles. The van der Waals surface area contributed by atoms with E-state index in [1.54, 1.807) is 20.3 Å². The molecule has 1 aliphatic carbocycles. The highest BCUT2D eigenvalue weighted by Crippen LogP contribution is 2.55. The Labute approximate surface area is 350 Å². The number of nitrogens with zero attached hydrogens (tertiary/aromatic N) is 1. The first-order chi connectivity index (χ1) is 28.8. The summed E-state index contributed by atoms with van der Waals surface area (Å²) < 4.78 is 38.8.